The Kier molecular flexibility index (Phi) is 4.32. The molecule has 1 N–H and O–H groups in total. The van der Waals surface area contributed by atoms with Crippen LogP contribution in [-0.2, 0) is 4.74 Å². The minimum Gasteiger partial charge on any atom is -0.388 e. The fourth-order valence-electron chi connectivity index (χ4n) is 4.03. The van der Waals surface area contributed by atoms with Crippen molar-refractivity contribution in [2.24, 2.45) is 5.92 Å². The Labute approximate surface area is 126 Å². The van der Waals surface area contributed by atoms with Crippen molar-refractivity contribution in [3.8, 4) is 0 Å². The summed E-state index contributed by atoms with van der Waals surface area (Å²) in [6.07, 6.45) is 6.85. The normalized spacial score (nSPS) is 26.7. The van der Waals surface area contributed by atoms with Crippen molar-refractivity contribution >= 4 is 0 Å². The second-order valence-corrected chi connectivity index (χ2v) is 6.77. The third-order valence-corrected chi connectivity index (χ3v) is 5.28. The van der Waals surface area contributed by atoms with Crippen molar-refractivity contribution in [1.29, 1.82) is 0 Å². The molecule has 0 radical (unpaired) electrons. The van der Waals surface area contributed by atoms with Crippen LogP contribution < -0.4 is 0 Å². The number of aliphatic hydroxyl groups is 1. The van der Waals surface area contributed by atoms with E-state index < -0.39 is 6.10 Å². The molecule has 1 aromatic carbocycles. The van der Waals surface area contributed by atoms with E-state index in [0.29, 0.717) is 17.7 Å². The van der Waals surface area contributed by atoms with E-state index in [1.54, 1.807) is 19.1 Å². The van der Waals surface area contributed by atoms with Gasteiger partial charge in [-0.25, -0.2) is 4.39 Å². The van der Waals surface area contributed by atoms with Crippen molar-refractivity contribution in [3.63, 3.8) is 0 Å². The number of hydrogen-bond acceptors (Lipinski definition) is 2. The molecule has 3 heteroatoms. The molecule has 1 aliphatic carbocycles. The molecule has 1 heterocycles. The second-order valence-electron chi connectivity index (χ2n) is 6.77. The lowest BCUT2D eigenvalue weighted by atomic mass is 9.73. The quantitative estimate of drug-likeness (QED) is 0.880. The van der Waals surface area contributed by atoms with Gasteiger partial charge >= 0.3 is 0 Å². The zero-order valence-electron chi connectivity index (χ0n) is 12.8. The Morgan fingerprint density at radius 1 is 1.29 bits per heavy atom. The van der Waals surface area contributed by atoms with Crippen LogP contribution in [0.4, 0.5) is 4.39 Å². The third-order valence-electron chi connectivity index (χ3n) is 5.28. The maximum atomic E-state index is 14.2. The molecule has 1 aromatic rings. The van der Waals surface area contributed by atoms with E-state index in [0.717, 1.165) is 25.7 Å². The zero-order chi connectivity index (χ0) is 14.9. The molecule has 116 valence electrons. The number of halogens is 1. The van der Waals surface area contributed by atoms with Crippen molar-refractivity contribution in [1.82, 2.24) is 0 Å². The lowest BCUT2D eigenvalue weighted by Gasteiger charge is -2.44. The zero-order valence-corrected chi connectivity index (χ0v) is 12.8. The highest BCUT2D eigenvalue weighted by Crippen LogP contribution is 2.44. The molecule has 0 amide bonds. The van der Waals surface area contributed by atoms with Gasteiger partial charge < -0.3 is 9.84 Å². The van der Waals surface area contributed by atoms with Gasteiger partial charge in [-0.15, -0.1) is 0 Å². The van der Waals surface area contributed by atoms with E-state index in [1.807, 2.05) is 6.07 Å². The summed E-state index contributed by atoms with van der Waals surface area (Å²) in [6, 6.07) is 5.29. The van der Waals surface area contributed by atoms with Gasteiger partial charge in [-0.2, -0.15) is 0 Å². The highest BCUT2D eigenvalue weighted by molar-refractivity contribution is 5.27. The minimum absolute atomic E-state index is 0.0531. The molecule has 2 aliphatic rings. The van der Waals surface area contributed by atoms with Crippen LogP contribution >= 0.6 is 0 Å². The lowest BCUT2D eigenvalue weighted by Crippen LogP contribution is -2.42. The highest BCUT2D eigenvalue weighted by atomic mass is 19.1. The van der Waals surface area contributed by atoms with E-state index in [9.17, 15) is 9.50 Å². The number of benzene rings is 1. The van der Waals surface area contributed by atoms with Crippen LogP contribution in [0.2, 0.25) is 0 Å². The predicted molar refractivity (Wildman–Crippen MR) is 80.6 cm³/mol. The average molecular weight is 292 g/mol. The summed E-state index contributed by atoms with van der Waals surface area (Å²) in [6.45, 7) is 2.44. The molecule has 2 nitrogen and oxygen atoms in total. The van der Waals surface area contributed by atoms with Crippen molar-refractivity contribution in [2.45, 2.75) is 63.6 Å². The second kappa shape index (κ2) is 6.05. The Morgan fingerprint density at radius 2 is 2.05 bits per heavy atom. The maximum absolute atomic E-state index is 14.2. The lowest BCUT2D eigenvalue weighted by molar-refractivity contribution is -0.134. The molecule has 1 aliphatic heterocycles. The van der Waals surface area contributed by atoms with E-state index in [-0.39, 0.29) is 17.3 Å². The standard InChI is InChI=1S/C18H25FO2/c1-13-6-5-7-15(16(13)19)17(20)14-8-11-21-18(12-14)9-3-2-4-10-18/h5-7,14,17,20H,2-4,8-12H2,1H3. The van der Waals surface area contributed by atoms with Crippen molar-refractivity contribution < 1.29 is 14.2 Å². The van der Waals surface area contributed by atoms with E-state index >= 15 is 0 Å². The smallest absolute Gasteiger partial charge is 0.131 e. The Hall–Kier alpha value is -0.930. The summed E-state index contributed by atoms with van der Waals surface area (Å²) in [5, 5.41) is 10.7. The Bertz CT molecular complexity index is 488. The fourth-order valence-corrected chi connectivity index (χ4v) is 4.03. The Morgan fingerprint density at radius 3 is 2.81 bits per heavy atom. The van der Waals surface area contributed by atoms with Gasteiger partial charge in [-0.05, 0) is 44.1 Å². The predicted octanol–water partition coefficient (Wildman–Crippen LogP) is 4.30. The van der Waals surface area contributed by atoms with Crippen LogP contribution in [-0.4, -0.2) is 17.3 Å². The first kappa shape index (κ1) is 15.0. The van der Waals surface area contributed by atoms with Gasteiger partial charge in [0.2, 0.25) is 0 Å². The van der Waals surface area contributed by atoms with Gasteiger partial charge in [-0.3, -0.25) is 0 Å². The van der Waals surface area contributed by atoms with Crippen LogP contribution in [0.15, 0.2) is 18.2 Å². The number of rotatable bonds is 2. The summed E-state index contributed by atoms with van der Waals surface area (Å²) in [5.41, 5.74) is 1.00. The van der Waals surface area contributed by atoms with Crippen LogP contribution in [0.1, 0.15) is 62.2 Å². The molecule has 3 rings (SSSR count). The van der Waals surface area contributed by atoms with Gasteiger partial charge in [0.25, 0.3) is 0 Å². The first-order valence-corrected chi connectivity index (χ1v) is 8.18. The molecule has 2 fully saturated rings. The number of ether oxygens (including phenoxy) is 1. The Balaban J connectivity index is 1.78. The van der Waals surface area contributed by atoms with Gasteiger partial charge in [0, 0.05) is 12.2 Å². The minimum atomic E-state index is -0.715. The van der Waals surface area contributed by atoms with Gasteiger partial charge in [0.1, 0.15) is 5.82 Å². The van der Waals surface area contributed by atoms with Gasteiger partial charge in [0.05, 0.1) is 11.7 Å². The summed E-state index contributed by atoms with van der Waals surface area (Å²) in [7, 11) is 0. The summed E-state index contributed by atoms with van der Waals surface area (Å²) < 4.78 is 20.3. The maximum Gasteiger partial charge on any atom is 0.131 e. The molecule has 21 heavy (non-hydrogen) atoms. The summed E-state index contributed by atoms with van der Waals surface area (Å²) in [4.78, 5) is 0. The number of aryl methyl sites for hydroxylation is 1. The molecule has 2 atom stereocenters. The van der Waals surface area contributed by atoms with Gasteiger partial charge in [-0.1, -0.05) is 37.5 Å². The van der Waals surface area contributed by atoms with Crippen LogP contribution in [0, 0.1) is 18.7 Å². The van der Waals surface area contributed by atoms with Crippen LogP contribution in [0.25, 0.3) is 0 Å². The molecule has 1 saturated heterocycles. The van der Waals surface area contributed by atoms with E-state index in [1.165, 1.54) is 19.3 Å². The molecule has 2 unspecified atom stereocenters. The first-order chi connectivity index (χ1) is 10.1. The van der Waals surface area contributed by atoms with Crippen LogP contribution in [0.5, 0.6) is 0 Å². The first-order valence-electron chi connectivity index (χ1n) is 8.18. The van der Waals surface area contributed by atoms with Crippen molar-refractivity contribution in [2.75, 3.05) is 6.61 Å². The van der Waals surface area contributed by atoms with Crippen LogP contribution in [0.3, 0.4) is 0 Å². The fraction of sp³-hybridized carbons (Fsp3) is 0.667. The van der Waals surface area contributed by atoms with E-state index in [4.69, 9.17) is 4.74 Å². The SMILES string of the molecule is Cc1cccc(C(O)C2CCOC3(CCCCC3)C2)c1F. The topological polar surface area (TPSA) is 29.5 Å². The molecule has 0 aromatic heterocycles. The van der Waals surface area contributed by atoms with Gasteiger partial charge in [0.15, 0.2) is 0 Å². The number of aliphatic hydroxyl groups excluding tert-OH is 1. The summed E-state index contributed by atoms with van der Waals surface area (Å²) in [5.74, 6) is -0.151. The highest BCUT2D eigenvalue weighted by Gasteiger charge is 2.41. The monoisotopic (exact) mass is 292 g/mol. The number of hydrogen-bond donors (Lipinski definition) is 1. The van der Waals surface area contributed by atoms with Crippen molar-refractivity contribution in [3.05, 3.63) is 35.1 Å². The molecular weight excluding hydrogens is 267 g/mol. The summed E-state index contributed by atoms with van der Waals surface area (Å²) >= 11 is 0. The largest absolute Gasteiger partial charge is 0.388 e. The molecule has 0 bridgehead atoms. The average Bonchev–Trinajstić information content (AvgIpc) is 2.50. The molecule has 1 spiro atoms. The van der Waals surface area contributed by atoms with E-state index in [2.05, 4.69) is 0 Å². The molecule has 1 saturated carbocycles. The third kappa shape index (κ3) is 3.00. The molecular formula is C18H25FO2.